The zero-order valence-corrected chi connectivity index (χ0v) is 15.9. The number of hydrogen-bond donors (Lipinski definition) is 0. The van der Waals surface area contributed by atoms with Crippen molar-refractivity contribution in [2.45, 2.75) is 0 Å². The van der Waals surface area contributed by atoms with Crippen LogP contribution >= 0.6 is 22.7 Å². The van der Waals surface area contributed by atoms with Gasteiger partial charge in [0.05, 0.1) is 21.1 Å². The first-order chi connectivity index (χ1) is 13.6. The predicted octanol–water partition coefficient (Wildman–Crippen LogP) is 6.10. The van der Waals surface area contributed by atoms with Crippen molar-refractivity contribution in [1.29, 1.82) is 5.26 Å². The highest BCUT2D eigenvalue weighted by molar-refractivity contribution is 7.14. The average molecular weight is 405 g/mol. The monoisotopic (exact) mass is 405 g/mol. The van der Waals surface area contributed by atoms with Crippen molar-refractivity contribution < 1.29 is 9.34 Å². The Labute approximate surface area is 167 Å². The van der Waals surface area contributed by atoms with Gasteiger partial charge in [0, 0.05) is 29.2 Å². The second-order valence-electron chi connectivity index (χ2n) is 5.69. The molecule has 0 atom stereocenters. The van der Waals surface area contributed by atoms with Gasteiger partial charge in [-0.3, -0.25) is 10.1 Å². The molecule has 0 aliphatic heterocycles. The summed E-state index contributed by atoms with van der Waals surface area (Å²) in [6.45, 7) is 0. The highest BCUT2D eigenvalue weighted by atomic mass is 32.1. The lowest BCUT2D eigenvalue weighted by Gasteiger charge is -1.97. The van der Waals surface area contributed by atoms with Crippen LogP contribution in [0.5, 0.6) is 0 Å². The second-order valence-corrected chi connectivity index (χ2v) is 7.50. The number of non-ortho nitro benzene ring substituents is 1. The number of nitro groups is 1. The number of nitrogens with zero attached hydrogens (tertiary/aromatic N) is 3. The van der Waals surface area contributed by atoms with Crippen LogP contribution in [0.4, 0.5) is 5.69 Å². The minimum Gasteiger partial charge on any atom is -0.457 e. The van der Waals surface area contributed by atoms with E-state index >= 15 is 0 Å². The fourth-order valence-electron chi connectivity index (χ4n) is 2.55. The molecule has 4 rings (SSSR count). The predicted molar refractivity (Wildman–Crippen MR) is 110 cm³/mol. The molecule has 8 heteroatoms. The minimum absolute atomic E-state index is 0.0208. The summed E-state index contributed by atoms with van der Waals surface area (Å²) in [7, 11) is 0. The normalized spacial score (nSPS) is 11.3. The molecule has 136 valence electrons. The fourth-order valence-corrected chi connectivity index (χ4v) is 4.10. The van der Waals surface area contributed by atoms with Crippen LogP contribution in [0.1, 0.15) is 10.8 Å². The van der Waals surface area contributed by atoms with E-state index in [1.165, 1.54) is 23.5 Å². The number of thiazole rings is 1. The molecule has 4 aromatic rings. The van der Waals surface area contributed by atoms with Crippen LogP contribution in [-0.4, -0.2) is 9.91 Å². The van der Waals surface area contributed by atoms with Crippen LogP contribution < -0.4 is 0 Å². The van der Waals surface area contributed by atoms with Crippen LogP contribution in [0.3, 0.4) is 0 Å². The van der Waals surface area contributed by atoms with Crippen molar-refractivity contribution in [3.8, 4) is 28.0 Å². The number of thiophene rings is 1. The SMILES string of the molecule is N#CC(=Cc1ccc(-c2ccc([N+](=O)[O-])cc2)o1)c1nc(-c2cccs2)cs1. The van der Waals surface area contributed by atoms with Crippen LogP contribution in [0.2, 0.25) is 0 Å². The van der Waals surface area contributed by atoms with Crippen molar-refractivity contribution in [2.24, 2.45) is 0 Å². The van der Waals surface area contributed by atoms with Gasteiger partial charge in [-0.2, -0.15) is 5.26 Å². The zero-order valence-electron chi connectivity index (χ0n) is 14.2. The lowest BCUT2D eigenvalue weighted by molar-refractivity contribution is -0.384. The Kier molecular flexibility index (Phi) is 4.85. The van der Waals surface area contributed by atoms with Crippen LogP contribution in [0, 0.1) is 21.4 Å². The van der Waals surface area contributed by atoms with Crippen molar-refractivity contribution in [2.75, 3.05) is 0 Å². The molecule has 0 aliphatic rings. The van der Waals surface area contributed by atoms with Crippen molar-refractivity contribution in [1.82, 2.24) is 4.98 Å². The van der Waals surface area contributed by atoms with E-state index < -0.39 is 4.92 Å². The molecule has 0 saturated carbocycles. The topological polar surface area (TPSA) is 93.0 Å². The van der Waals surface area contributed by atoms with Gasteiger partial charge in [0.25, 0.3) is 5.69 Å². The van der Waals surface area contributed by atoms with Gasteiger partial charge in [0.15, 0.2) is 0 Å². The van der Waals surface area contributed by atoms with Crippen molar-refractivity contribution in [3.05, 3.63) is 80.2 Å². The van der Waals surface area contributed by atoms with Gasteiger partial charge in [-0.25, -0.2) is 4.98 Å². The molecular formula is C20H11N3O3S2. The summed E-state index contributed by atoms with van der Waals surface area (Å²) in [5.74, 6) is 1.08. The van der Waals surface area contributed by atoms with E-state index in [0.717, 1.165) is 16.1 Å². The number of rotatable bonds is 5. The summed E-state index contributed by atoms with van der Waals surface area (Å²) >= 11 is 3.00. The third kappa shape index (κ3) is 3.62. The Morgan fingerprint density at radius 1 is 1.18 bits per heavy atom. The Morgan fingerprint density at radius 3 is 2.68 bits per heavy atom. The Morgan fingerprint density at radius 2 is 2.00 bits per heavy atom. The molecule has 0 aliphatic carbocycles. The first kappa shape index (κ1) is 17.9. The van der Waals surface area contributed by atoms with E-state index in [1.807, 2.05) is 22.9 Å². The average Bonchev–Trinajstić information content (AvgIpc) is 3.47. The maximum absolute atomic E-state index is 10.8. The Hall–Kier alpha value is -3.54. The Bertz CT molecular complexity index is 1200. The maximum atomic E-state index is 10.8. The smallest absolute Gasteiger partial charge is 0.269 e. The number of allylic oxidation sites excluding steroid dienone is 1. The van der Waals surface area contributed by atoms with Crippen molar-refractivity contribution in [3.63, 3.8) is 0 Å². The minimum atomic E-state index is -0.447. The van der Waals surface area contributed by atoms with E-state index in [9.17, 15) is 15.4 Å². The first-order valence-corrected chi connectivity index (χ1v) is 9.86. The van der Waals surface area contributed by atoms with Crippen LogP contribution in [0.15, 0.2) is 63.7 Å². The first-order valence-electron chi connectivity index (χ1n) is 8.10. The number of nitriles is 1. The number of hydrogen-bond acceptors (Lipinski definition) is 7. The molecule has 6 nitrogen and oxygen atoms in total. The highest BCUT2D eigenvalue weighted by Gasteiger charge is 2.12. The molecular weight excluding hydrogens is 394 g/mol. The van der Waals surface area contributed by atoms with Crippen LogP contribution in [-0.2, 0) is 0 Å². The molecule has 3 aromatic heterocycles. The highest BCUT2D eigenvalue weighted by Crippen LogP contribution is 2.31. The number of nitro benzene ring substituents is 1. The molecule has 0 bridgehead atoms. The maximum Gasteiger partial charge on any atom is 0.269 e. The van der Waals surface area contributed by atoms with Gasteiger partial charge in [0.1, 0.15) is 22.6 Å². The fraction of sp³-hybridized carbons (Fsp3) is 0. The van der Waals surface area contributed by atoms with Crippen LogP contribution in [0.25, 0.3) is 33.5 Å². The summed E-state index contributed by atoms with van der Waals surface area (Å²) in [6, 6.07) is 15.7. The standard InChI is InChI=1S/C20H11N3O3S2/c21-11-14(20-22-17(12-28-20)19-2-1-9-27-19)10-16-7-8-18(26-16)13-3-5-15(6-4-13)23(24)25/h1-10,12H. The van der Waals surface area contributed by atoms with Gasteiger partial charge in [0.2, 0.25) is 0 Å². The van der Waals surface area contributed by atoms with Gasteiger partial charge >= 0.3 is 0 Å². The Balaban J connectivity index is 1.60. The van der Waals surface area contributed by atoms with E-state index in [0.29, 0.717) is 22.1 Å². The molecule has 0 spiro atoms. The summed E-state index contributed by atoms with van der Waals surface area (Å²) in [4.78, 5) is 15.9. The van der Waals surface area contributed by atoms with E-state index in [2.05, 4.69) is 11.1 Å². The van der Waals surface area contributed by atoms with Gasteiger partial charge in [-0.1, -0.05) is 6.07 Å². The molecule has 0 unspecified atom stereocenters. The lowest BCUT2D eigenvalue weighted by atomic mass is 10.1. The third-order valence-electron chi connectivity index (χ3n) is 3.90. The summed E-state index contributed by atoms with van der Waals surface area (Å²) in [6.07, 6.45) is 1.64. The summed E-state index contributed by atoms with van der Waals surface area (Å²) < 4.78 is 5.78. The molecule has 0 radical (unpaired) electrons. The largest absolute Gasteiger partial charge is 0.457 e. The van der Waals surface area contributed by atoms with Gasteiger partial charge in [-0.15, -0.1) is 22.7 Å². The number of benzene rings is 1. The number of aromatic nitrogens is 1. The van der Waals surface area contributed by atoms with Gasteiger partial charge in [-0.05, 0) is 35.7 Å². The number of furan rings is 1. The molecule has 0 fully saturated rings. The second kappa shape index (κ2) is 7.60. The summed E-state index contributed by atoms with van der Waals surface area (Å²) in [5.41, 5.74) is 2.00. The molecule has 28 heavy (non-hydrogen) atoms. The summed E-state index contributed by atoms with van der Waals surface area (Å²) in [5, 5.41) is 24.8. The molecule has 0 saturated heterocycles. The van der Waals surface area contributed by atoms with E-state index in [4.69, 9.17) is 4.42 Å². The molecule has 0 amide bonds. The third-order valence-corrected chi connectivity index (χ3v) is 5.67. The molecule has 1 aromatic carbocycles. The van der Waals surface area contributed by atoms with E-state index in [-0.39, 0.29) is 5.69 Å². The lowest BCUT2D eigenvalue weighted by Crippen LogP contribution is -1.86. The quantitative estimate of drug-likeness (QED) is 0.227. The zero-order chi connectivity index (χ0) is 19.5. The van der Waals surface area contributed by atoms with E-state index in [1.54, 1.807) is 41.7 Å². The van der Waals surface area contributed by atoms with Gasteiger partial charge < -0.3 is 4.42 Å². The molecule has 0 N–H and O–H groups in total. The van der Waals surface area contributed by atoms with Crippen molar-refractivity contribution >= 4 is 40.0 Å². The molecule has 3 heterocycles.